The zero-order chi connectivity index (χ0) is 21.3. The van der Waals surface area contributed by atoms with E-state index in [0.29, 0.717) is 38.6 Å². The lowest BCUT2D eigenvalue weighted by atomic mass is 9.92. The van der Waals surface area contributed by atoms with E-state index >= 15 is 0 Å². The summed E-state index contributed by atoms with van der Waals surface area (Å²) >= 11 is 0. The molecule has 0 aromatic carbocycles. The Morgan fingerprint density at radius 3 is 2.50 bits per heavy atom. The minimum atomic E-state index is -0.876. The Hall–Kier alpha value is -1.45. The topological polar surface area (TPSA) is 100 Å². The molecule has 4 atom stereocenters. The largest absolute Gasteiger partial charge is 0.388 e. The molecule has 172 valence electrons. The van der Waals surface area contributed by atoms with Crippen molar-refractivity contribution in [2.45, 2.75) is 75.7 Å². The quantitative estimate of drug-likeness (QED) is 0.531. The second kappa shape index (κ2) is 11.8. The third-order valence-corrected chi connectivity index (χ3v) is 6.45. The Kier molecular flexibility index (Phi) is 9.14. The Bertz CT molecular complexity index is 551. The first-order valence-electron chi connectivity index (χ1n) is 11.4. The van der Waals surface area contributed by atoms with Gasteiger partial charge >= 0.3 is 6.03 Å². The van der Waals surface area contributed by atoms with Crippen molar-refractivity contribution in [3.05, 3.63) is 0 Å². The highest BCUT2D eigenvalue weighted by Crippen LogP contribution is 2.27. The fraction of sp³-hybridized carbons (Fsp3) is 0.905. The van der Waals surface area contributed by atoms with Gasteiger partial charge in [0, 0.05) is 19.5 Å². The summed E-state index contributed by atoms with van der Waals surface area (Å²) < 4.78 is 23.5. The monoisotopic (exact) mass is 429 g/mol. The number of carbonyl (C=O) groups excluding carboxylic acids is 2. The van der Waals surface area contributed by atoms with Gasteiger partial charge < -0.3 is 30.1 Å². The average molecular weight is 430 g/mol. The molecule has 3 amide bonds. The summed E-state index contributed by atoms with van der Waals surface area (Å²) in [4.78, 5) is 27.6. The van der Waals surface area contributed by atoms with Crippen LogP contribution in [0.2, 0.25) is 0 Å². The molecule has 2 heterocycles. The van der Waals surface area contributed by atoms with Gasteiger partial charge in [-0.2, -0.15) is 0 Å². The maximum Gasteiger partial charge on any atom is 0.318 e. The molecule has 3 rings (SSSR count). The summed E-state index contributed by atoms with van der Waals surface area (Å²) in [6.45, 7) is 1.47. The lowest BCUT2D eigenvalue weighted by Gasteiger charge is -2.31. The lowest BCUT2D eigenvalue weighted by molar-refractivity contribution is -0.125. The highest BCUT2D eigenvalue weighted by atomic mass is 19.1. The van der Waals surface area contributed by atoms with E-state index in [0.717, 1.165) is 25.7 Å². The first kappa shape index (κ1) is 23.2. The number of aliphatic hydroxyl groups excluding tert-OH is 1. The van der Waals surface area contributed by atoms with Crippen LogP contribution in [0.5, 0.6) is 0 Å². The normalized spacial score (nSPS) is 29.3. The van der Waals surface area contributed by atoms with E-state index in [-0.39, 0.29) is 25.0 Å². The fourth-order valence-electron chi connectivity index (χ4n) is 4.67. The summed E-state index contributed by atoms with van der Waals surface area (Å²) in [6, 6.07) is -1.62. The van der Waals surface area contributed by atoms with Gasteiger partial charge in [-0.15, -0.1) is 0 Å². The van der Waals surface area contributed by atoms with Crippen LogP contribution in [0, 0.1) is 5.92 Å². The number of morpholine rings is 1. The predicted octanol–water partition coefficient (Wildman–Crippen LogP) is 1.36. The van der Waals surface area contributed by atoms with Crippen molar-refractivity contribution in [1.82, 2.24) is 15.5 Å². The SMILES string of the molecule is O=C(N[C@H]1[C@H](CCF)OC[C@@H]1O)[C@H](CC1CCCCCC1)NC(=O)N1CCOCC1. The summed E-state index contributed by atoms with van der Waals surface area (Å²) in [7, 11) is 0. The second-order valence-electron chi connectivity index (χ2n) is 8.65. The summed E-state index contributed by atoms with van der Waals surface area (Å²) in [5.41, 5.74) is 0. The van der Waals surface area contributed by atoms with Crippen molar-refractivity contribution in [2.75, 3.05) is 39.6 Å². The number of rotatable bonds is 7. The highest BCUT2D eigenvalue weighted by Gasteiger charge is 2.39. The van der Waals surface area contributed by atoms with E-state index in [2.05, 4.69) is 10.6 Å². The summed E-state index contributed by atoms with van der Waals surface area (Å²) in [6.07, 6.45) is 6.08. The second-order valence-corrected chi connectivity index (χ2v) is 8.65. The molecule has 0 unspecified atom stereocenters. The fourth-order valence-corrected chi connectivity index (χ4v) is 4.67. The number of ether oxygens (including phenoxy) is 2. The predicted molar refractivity (Wildman–Crippen MR) is 109 cm³/mol. The number of nitrogens with one attached hydrogen (secondary N) is 2. The van der Waals surface area contributed by atoms with Gasteiger partial charge in [0.2, 0.25) is 5.91 Å². The van der Waals surface area contributed by atoms with Crippen LogP contribution in [0.25, 0.3) is 0 Å². The number of nitrogens with zero attached hydrogens (tertiary/aromatic N) is 1. The molecular formula is C21H36FN3O5. The molecule has 8 nitrogen and oxygen atoms in total. The Morgan fingerprint density at radius 2 is 1.83 bits per heavy atom. The van der Waals surface area contributed by atoms with Gasteiger partial charge in [-0.1, -0.05) is 38.5 Å². The highest BCUT2D eigenvalue weighted by molar-refractivity contribution is 5.87. The van der Waals surface area contributed by atoms with Crippen LogP contribution in [-0.2, 0) is 14.3 Å². The number of carbonyl (C=O) groups is 2. The third-order valence-electron chi connectivity index (χ3n) is 6.45. The molecule has 3 aliphatic rings. The van der Waals surface area contributed by atoms with Gasteiger partial charge in [0.1, 0.15) is 12.1 Å². The zero-order valence-electron chi connectivity index (χ0n) is 17.7. The van der Waals surface area contributed by atoms with Crippen molar-refractivity contribution in [1.29, 1.82) is 0 Å². The Balaban J connectivity index is 1.65. The molecule has 2 aliphatic heterocycles. The molecule has 0 bridgehead atoms. The third kappa shape index (κ3) is 6.52. The molecule has 2 saturated heterocycles. The van der Waals surface area contributed by atoms with Crippen molar-refractivity contribution in [2.24, 2.45) is 5.92 Å². The van der Waals surface area contributed by atoms with Crippen LogP contribution in [0.4, 0.5) is 9.18 Å². The van der Waals surface area contributed by atoms with Crippen LogP contribution in [0.15, 0.2) is 0 Å². The van der Waals surface area contributed by atoms with Crippen LogP contribution in [0.1, 0.15) is 51.4 Å². The van der Waals surface area contributed by atoms with Gasteiger partial charge in [0.05, 0.1) is 38.6 Å². The molecule has 1 saturated carbocycles. The molecule has 0 aromatic rings. The first-order chi connectivity index (χ1) is 14.6. The maximum absolute atomic E-state index is 13.1. The standard InChI is InChI=1S/C21H36FN3O5/c22-8-7-18-19(17(26)14-30-18)24-20(27)16(13-15-5-3-1-2-4-6-15)23-21(28)25-9-11-29-12-10-25/h15-19,26H,1-14H2,(H,23,28)(H,24,27)/t16-,17-,18-,19+/m0/s1. The van der Waals surface area contributed by atoms with Gasteiger partial charge in [0.15, 0.2) is 0 Å². The number of hydrogen-bond acceptors (Lipinski definition) is 5. The van der Waals surface area contributed by atoms with Gasteiger partial charge in [0.25, 0.3) is 0 Å². The molecule has 0 aromatic heterocycles. The van der Waals surface area contributed by atoms with Crippen molar-refractivity contribution in [3.63, 3.8) is 0 Å². The van der Waals surface area contributed by atoms with Crippen LogP contribution in [0.3, 0.4) is 0 Å². The average Bonchev–Trinajstić information content (AvgIpc) is 2.95. The molecule has 3 N–H and O–H groups in total. The van der Waals surface area contributed by atoms with Crippen LogP contribution in [-0.4, -0.2) is 85.8 Å². The molecule has 1 aliphatic carbocycles. The minimum Gasteiger partial charge on any atom is -0.388 e. The molecule has 0 radical (unpaired) electrons. The van der Waals surface area contributed by atoms with Gasteiger partial charge in [-0.3, -0.25) is 9.18 Å². The Labute approximate surface area is 177 Å². The molecule has 30 heavy (non-hydrogen) atoms. The van der Waals surface area contributed by atoms with E-state index in [1.807, 2.05) is 0 Å². The summed E-state index contributed by atoms with van der Waals surface area (Å²) in [5.74, 6) is 0.0406. The van der Waals surface area contributed by atoms with Crippen molar-refractivity contribution >= 4 is 11.9 Å². The van der Waals surface area contributed by atoms with Crippen LogP contribution >= 0.6 is 0 Å². The van der Waals surface area contributed by atoms with E-state index in [9.17, 15) is 19.1 Å². The van der Waals surface area contributed by atoms with Crippen molar-refractivity contribution < 1.29 is 28.6 Å². The molecule has 9 heteroatoms. The molecule has 3 fully saturated rings. The van der Waals surface area contributed by atoms with Gasteiger partial charge in [-0.05, 0) is 12.3 Å². The number of alkyl halides is 1. The zero-order valence-corrected chi connectivity index (χ0v) is 17.7. The van der Waals surface area contributed by atoms with E-state index in [1.165, 1.54) is 12.8 Å². The number of aliphatic hydroxyl groups is 1. The van der Waals surface area contributed by atoms with Gasteiger partial charge in [-0.25, -0.2) is 4.79 Å². The van der Waals surface area contributed by atoms with Crippen molar-refractivity contribution in [3.8, 4) is 0 Å². The number of hydrogen-bond donors (Lipinski definition) is 3. The smallest absolute Gasteiger partial charge is 0.318 e. The number of urea groups is 1. The number of amides is 3. The van der Waals surface area contributed by atoms with Crippen LogP contribution < -0.4 is 10.6 Å². The molecular weight excluding hydrogens is 393 g/mol. The number of halogens is 1. The minimum absolute atomic E-state index is 0.0725. The lowest BCUT2D eigenvalue weighted by Crippen LogP contribution is -2.57. The Morgan fingerprint density at radius 1 is 1.13 bits per heavy atom. The first-order valence-corrected chi connectivity index (χ1v) is 11.4. The van der Waals surface area contributed by atoms with E-state index in [4.69, 9.17) is 9.47 Å². The molecule has 0 spiro atoms. The van der Waals surface area contributed by atoms with E-state index in [1.54, 1.807) is 4.90 Å². The van der Waals surface area contributed by atoms with E-state index < -0.39 is 31.0 Å². The maximum atomic E-state index is 13.1. The summed E-state index contributed by atoms with van der Waals surface area (Å²) in [5, 5.41) is 15.9.